The number of hydrogen-bond acceptors (Lipinski definition) is 5. The fraction of sp³-hybridized carbons (Fsp3) is 0.667. The molecule has 1 atom stereocenters. The fourth-order valence-electron chi connectivity index (χ4n) is 1.33. The van der Waals surface area contributed by atoms with Gasteiger partial charge in [0.1, 0.15) is 16.7 Å². The van der Waals surface area contributed by atoms with Gasteiger partial charge in [-0.25, -0.2) is 9.97 Å². The van der Waals surface area contributed by atoms with E-state index in [1.54, 1.807) is 11.8 Å². The molecule has 1 aromatic rings. The second kappa shape index (κ2) is 6.21. The Bertz CT molecular complexity index is 382. The van der Waals surface area contributed by atoms with Crippen LogP contribution in [0.25, 0.3) is 0 Å². The molecule has 0 amide bonds. The molecule has 96 valence electrons. The van der Waals surface area contributed by atoms with Crippen LogP contribution in [0.5, 0.6) is 0 Å². The third-order valence-electron chi connectivity index (χ3n) is 2.52. The van der Waals surface area contributed by atoms with E-state index in [0.29, 0.717) is 11.1 Å². The molecule has 0 bridgehead atoms. The van der Waals surface area contributed by atoms with Crippen molar-refractivity contribution >= 4 is 17.6 Å². The van der Waals surface area contributed by atoms with Crippen molar-refractivity contribution in [1.29, 1.82) is 0 Å². The molecule has 0 fully saturated rings. The van der Waals surface area contributed by atoms with Crippen LogP contribution < -0.4 is 5.73 Å². The molecule has 3 N–H and O–H groups in total. The molecule has 4 nitrogen and oxygen atoms in total. The molecule has 0 aliphatic rings. The highest BCUT2D eigenvalue weighted by Crippen LogP contribution is 2.29. The lowest BCUT2D eigenvalue weighted by Gasteiger charge is -2.14. The number of nitrogens with zero attached hydrogens (tertiary/aromatic N) is 2. The van der Waals surface area contributed by atoms with Crippen LogP contribution in [-0.4, -0.2) is 26.9 Å². The van der Waals surface area contributed by atoms with Gasteiger partial charge in [-0.05, 0) is 13.3 Å². The van der Waals surface area contributed by atoms with E-state index in [-0.39, 0.29) is 12.5 Å². The normalized spacial score (nSPS) is 13.1. The zero-order valence-electron chi connectivity index (χ0n) is 10.9. The number of aromatic nitrogens is 2. The molecule has 1 heterocycles. The number of nitrogens with two attached hydrogens (primary N) is 1. The lowest BCUT2D eigenvalue weighted by atomic mass is 10.2. The molecule has 17 heavy (non-hydrogen) atoms. The molecule has 0 aliphatic carbocycles. The van der Waals surface area contributed by atoms with E-state index < -0.39 is 0 Å². The number of aliphatic hydroxyl groups excluding tert-OH is 1. The highest BCUT2D eigenvalue weighted by molar-refractivity contribution is 7.99. The van der Waals surface area contributed by atoms with Gasteiger partial charge in [0.05, 0.1) is 0 Å². The lowest BCUT2D eigenvalue weighted by Crippen LogP contribution is -2.08. The van der Waals surface area contributed by atoms with Gasteiger partial charge in [-0.2, -0.15) is 0 Å². The predicted octanol–water partition coefficient (Wildman–Crippen LogP) is 2.35. The summed E-state index contributed by atoms with van der Waals surface area (Å²) in [5, 5.41) is 10.2. The molecule has 0 spiro atoms. The van der Waals surface area contributed by atoms with Crippen LogP contribution in [0, 0.1) is 6.92 Å². The van der Waals surface area contributed by atoms with Gasteiger partial charge >= 0.3 is 0 Å². The first-order valence-corrected chi connectivity index (χ1v) is 6.75. The van der Waals surface area contributed by atoms with Crippen molar-refractivity contribution in [2.75, 3.05) is 12.3 Å². The summed E-state index contributed by atoms with van der Waals surface area (Å²) in [5.41, 5.74) is 6.83. The van der Waals surface area contributed by atoms with Gasteiger partial charge in [0.15, 0.2) is 0 Å². The van der Waals surface area contributed by atoms with E-state index in [4.69, 9.17) is 10.8 Å². The summed E-state index contributed by atoms with van der Waals surface area (Å²) in [6.07, 6.45) is 0.755. The number of aliphatic hydroxyl groups is 1. The van der Waals surface area contributed by atoms with Gasteiger partial charge in [-0.3, -0.25) is 0 Å². The monoisotopic (exact) mass is 255 g/mol. The first-order valence-electron chi connectivity index (χ1n) is 5.87. The zero-order chi connectivity index (χ0) is 13.0. The van der Waals surface area contributed by atoms with Crippen molar-refractivity contribution < 1.29 is 5.11 Å². The first-order chi connectivity index (χ1) is 7.95. The van der Waals surface area contributed by atoms with Crippen molar-refractivity contribution in [3.05, 3.63) is 11.4 Å². The summed E-state index contributed by atoms with van der Waals surface area (Å²) in [6.45, 7) is 8.32. The minimum absolute atomic E-state index is 0.199. The van der Waals surface area contributed by atoms with E-state index in [1.807, 2.05) is 6.92 Å². The Morgan fingerprint density at radius 3 is 2.47 bits per heavy atom. The molecular weight excluding hydrogens is 234 g/mol. The molecule has 0 radical (unpaired) electrons. The van der Waals surface area contributed by atoms with Gasteiger partial charge in [0, 0.05) is 23.3 Å². The summed E-state index contributed by atoms with van der Waals surface area (Å²) in [7, 11) is 0. The minimum atomic E-state index is 0.199. The third-order valence-corrected chi connectivity index (χ3v) is 3.78. The number of thioether (sulfide) groups is 1. The van der Waals surface area contributed by atoms with Crippen LogP contribution >= 0.6 is 11.8 Å². The molecule has 0 aromatic carbocycles. The fourth-order valence-corrected chi connectivity index (χ4v) is 2.37. The van der Waals surface area contributed by atoms with Crippen LogP contribution in [0.3, 0.4) is 0 Å². The van der Waals surface area contributed by atoms with Crippen molar-refractivity contribution in [2.24, 2.45) is 0 Å². The van der Waals surface area contributed by atoms with Crippen molar-refractivity contribution in [3.8, 4) is 0 Å². The number of nitrogen functional groups attached to an aromatic ring is 1. The maximum atomic E-state index is 8.91. The Hall–Kier alpha value is -0.810. The SMILES string of the molecule is Cc1c(N)nc(C(C)C)nc1SC(C)CCO. The van der Waals surface area contributed by atoms with Crippen LogP contribution in [-0.2, 0) is 0 Å². The third kappa shape index (κ3) is 3.85. The molecule has 1 aromatic heterocycles. The topological polar surface area (TPSA) is 72.0 Å². The van der Waals surface area contributed by atoms with Crippen molar-refractivity contribution in [3.63, 3.8) is 0 Å². The molecule has 1 unspecified atom stereocenters. The van der Waals surface area contributed by atoms with Crippen molar-refractivity contribution in [1.82, 2.24) is 9.97 Å². The molecule has 0 saturated heterocycles. The second-order valence-electron chi connectivity index (χ2n) is 4.49. The summed E-state index contributed by atoms with van der Waals surface area (Å²) in [4.78, 5) is 8.84. The van der Waals surface area contributed by atoms with Gasteiger partial charge in [0.2, 0.25) is 0 Å². The van der Waals surface area contributed by atoms with Gasteiger partial charge in [-0.1, -0.05) is 20.8 Å². The summed E-state index contributed by atoms with van der Waals surface area (Å²) in [5.74, 6) is 1.61. The maximum Gasteiger partial charge on any atom is 0.134 e. The molecule has 1 rings (SSSR count). The predicted molar refractivity (Wildman–Crippen MR) is 72.3 cm³/mol. The van der Waals surface area contributed by atoms with Crippen LogP contribution in [0.15, 0.2) is 5.03 Å². The summed E-state index contributed by atoms with van der Waals surface area (Å²) < 4.78 is 0. The Balaban J connectivity index is 2.97. The molecule has 5 heteroatoms. The number of hydrogen-bond donors (Lipinski definition) is 2. The van der Waals surface area contributed by atoms with E-state index in [2.05, 4.69) is 30.7 Å². The van der Waals surface area contributed by atoms with Gasteiger partial charge in [0.25, 0.3) is 0 Å². The molecule has 0 aliphatic heterocycles. The minimum Gasteiger partial charge on any atom is -0.396 e. The van der Waals surface area contributed by atoms with Crippen LogP contribution in [0.4, 0.5) is 5.82 Å². The van der Waals surface area contributed by atoms with Gasteiger partial charge in [-0.15, -0.1) is 11.8 Å². The largest absolute Gasteiger partial charge is 0.396 e. The maximum absolute atomic E-state index is 8.91. The van der Waals surface area contributed by atoms with Crippen molar-refractivity contribution in [2.45, 2.75) is 50.3 Å². The Labute approximate surface area is 107 Å². The van der Waals surface area contributed by atoms with E-state index in [9.17, 15) is 0 Å². The van der Waals surface area contributed by atoms with Gasteiger partial charge < -0.3 is 10.8 Å². The molecule has 0 saturated carbocycles. The van der Waals surface area contributed by atoms with Crippen LogP contribution in [0.1, 0.15) is 44.5 Å². The summed E-state index contributed by atoms with van der Waals surface area (Å²) >= 11 is 1.65. The zero-order valence-corrected chi connectivity index (χ0v) is 11.7. The van der Waals surface area contributed by atoms with E-state index >= 15 is 0 Å². The lowest BCUT2D eigenvalue weighted by molar-refractivity contribution is 0.289. The summed E-state index contributed by atoms with van der Waals surface area (Å²) in [6, 6.07) is 0. The smallest absolute Gasteiger partial charge is 0.134 e. The van der Waals surface area contributed by atoms with E-state index in [1.165, 1.54) is 0 Å². The number of anilines is 1. The Morgan fingerprint density at radius 2 is 1.94 bits per heavy atom. The first kappa shape index (κ1) is 14.3. The average molecular weight is 255 g/mol. The highest BCUT2D eigenvalue weighted by Gasteiger charge is 2.14. The Morgan fingerprint density at radius 1 is 1.29 bits per heavy atom. The quantitative estimate of drug-likeness (QED) is 0.624. The average Bonchev–Trinajstić information content (AvgIpc) is 2.24. The highest BCUT2D eigenvalue weighted by atomic mass is 32.2. The second-order valence-corrected chi connectivity index (χ2v) is 5.92. The molecular formula is C12H21N3OS. The number of rotatable bonds is 5. The standard InChI is InChI=1S/C12H21N3OS/c1-7(2)11-14-10(13)9(4)12(15-11)17-8(3)5-6-16/h7-8,16H,5-6H2,1-4H3,(H2,13,14,15). The Kier molecular flexibility index (Phi) is 5.21. The van der Waals surface area contributed by atoms with Crippen LogP contribution in [0.2, 0.25) is 0 Å². The van der Waals surface area contributed by atoms with E-state index in [0.717, 1.165) is 22.8 Å².